The van der Waals surface area contributed by atoms with Gasteiger partial charge in [-0.15, -0.1) is 0 Å². The van der Waals surface area contributed by atoms with Crippen LogP contribution >= 0.6 is 0 Å². The second-order valence-corrected chi connectivity index (χ2v) is 14.8. The molecule has 0 fully saturated rings. The third-order valence-corrected chi connectivity index (χ3v) is 11.7. The normalized spacial score (nSPS) is 11.9. The van der Waals surface area contributed by atoms with Crippen molar-refractivity contribution in [1.82, 2.24) is 0 Å². The van der Waals surface area contributed by atoms with Gasteiger partial charge in [0.15, 0.2) is 0 Å². The molecule has 0 saturated heterocycles. The van der Waals surface area contributed by atoms with Crippen molar-refractivity contribution in [3.05, 3.63) is 200 Å². The van der Waals surface area contributed by atoms with Crippen molar-refractivity contribution in [3.63, 3.8) is 0 Å². The number of furan rings is 2. The van der Waals surface area contributed by atoms with Crippen LogP contribution in [-0.2, 0) is 0 Å². The number of fused-ring (bicyclic) bond motifs is 13. The van der Waals surface area contributed by atoms with Crippen LogP contribution in [0.3, 0.4) is 0 Å². The van der Waals surface area contributed by atoms with E-state index in [-0.39, 0.29) is 0 Å². The summed E-state index contributed by atoms with van der Waals surface area (Å²) in [5.41, 5.74) is 11.4. The molecule has 0 spiro atoms. The van der Waals surface area contributed by atoms with Gasteiger partial charge in [-0.3, -0.25) is 0 Å². The summed E-state index contributed by atoms with van der Waals surface area (Å²) in [4.78, 5) is 2.37. The number of anilines is 3. The molecule has 0 radical (unpaired) electrons. The summed E-state index contributed by atoms with van der Waals surface area (Å²) in [7, 11) is 0. The SMILES string of the molecule is c1ccc(-c2ccc(N(c3ccc(-c4cccc5c4oc4ccccc45)cc3)c3ccc4c5ccccc5c5c(ccc6oc7ccccc7c65)c4c3)cc2)cc1. The van der Waals surface area contributed by atoms with Crippen molar-refractivity contribution in [2.24, 2.45) is 0 Å². The lowest BCUT2D eigenvalue weighted by Crippen LogP contribution is -2.10. The molecule has 2 aromatic heterocycles. The van der Waals surface area contributed by atoms with Crippen molar-refractivity contribution in [1.29, 1.82) is 0 Å². The van der Waals surface area contributed by atoms with Crippen LogP contribution in [0.5, 0.6) is 0 Å². The van der Waals surface area contributed by atoms with Gasteiger partial charge in [0.1, 0.15) is 22.3 Å². The number of hydrogen-bond acceptors (Lipinski definition) is 3. The van der Waals surface area contributed by atoms with Gasteiger partial charge in [0, 0.05) is 49.6 Å². The van der Waals surface area contributed by atoms with Crippen molar-refractivity contribution in [2.75, 3.05) is 4.90 Å². The zero-order chi connectivity index (χ0) is 37.5. The third kappa shape index (κ3) is 4.92. The zero-order valence-electron chi connectivity index (χ0n) is 30.8. The summed E-state index contributed by atoms with van der Waals surface area (Å²) in [6.45, 7) is 0. The molecular weight excluding hydrogens is 695 g/mol. The molecule has 0 aliphatic carbocycles. The highest BCUT2D eigenvalue weighted by molar-refractivity contribution is 6.34. The van der Waals surface area contributed by atoms with Gasteiger partial charge in [-0.05, 0) is 104 Å². The second kappa shape index (κ2) is 12.5. The number of hydrogen-bond donors (Lipinski definition) is 0. The van der Waals surface area contributed by atoms with Crippen LogP contribution in [0.4, 0.5) is 17.1 Å². The van der Waals surface area contributed by atoms with Gasteiger partial charge in [0.2, 0.25) is 0 Å². The molecule has 0 N–H and O–H groups in total. The van der Waals surface area contributed by atoms with Crippen molar-refractivity contribution >= 4 is 93.3 Å². The van der Waals surface area contributed by atoms with Crippen LogP contribution < -0.4 is 4.90 Å². The van der Waals surface area contributed by atoms with Crippen LogP contribution in [0.25, 0.3) is 98.4 Å². The number of rotatable bonds is 5. The Balaban J connectivity index is 1.07. The number of nitrogens with zero attached hydrogens (tertiary/aromatic N) is 1. The van der Waals surface area contributed by atoms with E-state index < -0.39 is 0 Å². The molecule has 12 rings (SSSR count). The van der Waals surface area contributed by atoms with Gasteiger partial charge in [0.05, 0.1) is 0 Å². The van der Waals surface area contributed by atoms with E-state index >= 15 is 0 Å². The minimum Gasteiger partial charge on any atom is -0.456 e. The van der Waals surface area contributed by atoms with E-state index in [1.54, 1.807) is 0 Å². The fourth-order valence-electron chi connectivity index (χ4n) is 9.03. The Kier molecular flexibility index (Phi) is 6.93. The topological polar surface area (TPSA) is 29.5 Å². The van der Waals surface area contributed by atoms with E-state index in [9.17, 15) is 0 Å². The Hall–Kier alpha value is -7.62. The first-order valence-electron chi connectivity index (χ1n) is 19.4. The van der Waals surface area contributed by atoms with Gasteiger partial charge in [0.25, 0.3) is 0 Å². The molecule has 0 aliphatic heterocycles. The Morgan fingerprint density at radius 3 is 1.60 bits per heavy atom. The maximum absolute atomic E-state index is 6.44. The van der Waals surface area contributed by atoms with Gasteiger partial charge in [-0.25, -0.2) is 0 Å². The first-order valence-corrected chi connectivity index (χ1v) is 19.4. The van der Waals surface area contributed by atoms with E-state index in [1.165, 1.54) is 43.4 Å². The standard InChI is InChI=1S/C54H33NO2/c1-2-11-34(12-3-1)35-21-25-37(26-22-35)55(38-27-23-36(24-28-38)40-17-10-18-46-43-14-6-8-19-49(43)57-54(40)46)39-29-30-42-41-13-4-5-15-44(41)52-45(48(42)33-39)31-32-51-53(52)47-16-7-9-20-50(47)56-51/h1-33H. The highest BCUT2D eigenvalue weighted by Crippen LogP contribution is 2.45. The Labute approximate surface area is 328 Å². The smallest absolute Gasteiger partial charge is 0.143 e. The second-order valence-electron chi connectivity index (χ2n) is 14.8. The quantitative estimate of drug-likeness (QED) is 0.165. The first-order chi connectivity index (χ1) is 28.3. The van der Waals surface area contributed by atoms with E-state index in [0.29, 0.717) is 0 Å². The summed E-state index contributed by atoms with van der Waals surface area (Å²) < 4.78 is 12.8. The molecule has 0 amide bonds. The lowest BCUT2D eigenvalue weighted by atomic mass is 9.91. The zero-order valence-corrected chi connectivity index (χ0v) is 30.8. The predicted octanol–water partition coefficient (Wildman–Crippen LogP) is 15.7. The molecule has 0 atom stereocenters. The molecule has 57 heavy (non-hydrogen) atoms. The molecule has 0 bridgehead atoms. The average molecular weight is 728 g/mol. The highest BCUT2D eigenvalue weighted by Gasteiger charge is 2.20. The molecule has 266 valence electrons. The van der Waals surface area contributed by atoms with E-state index in [1.807, 2.05) is 18.2 Å². The first kappa shape index (κ1) is 31.7. The lowest BCUT2D eigenvalue weighted by Gasteiger charge is -2.27. The van der Waals surface area contributed by atoms with E-state index in [0.717, 1.165) is 72.1 Å². The summed E-state index contributed by atoms with van der Waals surface area (Å²) in [5, 5.41) is 11.9. The number of benzene rings is 10. The van der Waals surface area contributed by atoms with Crippen LogP contribution in [-0.4, -0.2) is 0 Å². The van der Waals surface area contributed by atoms with Gasteiger partial charge >= 0.3 is 0 Å². The van der Waals surface area contributed by atoms with E-state index in [4.69, 9.17) is 8.83 Å². The maximum atomic E-state index is 6.44. The summed E-state index contributed by atoms with van der Waals surface area (Å²) >= 11 is 0. The number of para-hydroxylation sites is 3. The third-order valence-electron chi connectivity index (χ3n) is 11.7. The fourth-order valence-corrected chi connectivity index (χ4v) is 9.03. The molecule has 0 aliphatic rings. The van der Waals surface area contributed by atoms with Crippen molar-refractivity contribution in [3.8, 4) is 22.3 Å². The minimum atomic E-state index is 0.903. The Morgan fingerprint density at radius 1 is 0.281 bits per heavy atom. The summed E-state index contributed by atoms with van der Waals surface area (Å²) in [6, 6.07) is 71.5. The molecule has 2 heterocycles. The lowest BCUT2D eigenvalue weighted by molar-refractivity contribution is 0.669. The van der Waals surface area contributed by atoms with E-state index in [2.05, 4.69) is 187 Å². The van der Waals surface area contributed by atoms with Gasteiger partial charge in [-0.2, -0.15) is 0 Å². The monoisotopic (exact) mass is 727 g/mol. The highest BCUT2D eigenvalue weighted by atomic mass is 16.3. The minimum absolute atomic E-state index is 0.903. The summed E-state index contributed by atoms with van der Waals surface area (Å²) in [5.74, 6) is 0. The molecule has 0 unspecified atom stereocenters. The van der Waals surface area contributed by atoms with Crippen LogP contribution in [0.15, 0.2) is 209 Å². The largest absolute Gasteiger partial charge is 0.456 e. The molecular formula is C54H33NO2. The van der Waals surface area contributed by atoms with Gasteiger partial charge in [-0.1, -0.05) is 140 Å². The fraction of sp³-hybridized carbons (Fsp3) is 0. The van der Waals surface area contributed by atoms with Crippen molar-refractivity contribution < 1.29 is 8.83 Å². The summed E-state index contributed by atoms with van der Waals surface area (Å²) in [6.07, 6.45) is 0. The molecule has 12 aromatic rings. The molecule has 3 nitrogen and oxygen atoms in total. The predicted molar refractivity (Wildman–Crippen MR) is 239 cm³/mol. The Bertz CT molecular complexity index is 3500. The Morgan fingerprint density at radius 2 is 0.825 bits per heavy atom. The maximum Gasteiger partial charge on any atom is 0.143 e. The van der Waals surface area contributed by atoms with Crippen LogP contribution in [0.2, 0.25) is 0 Å². The van der Waals surface area contributed by atoms with Crippen molar-refractivity contribution in [2.45, 2.75) is 0 Å². The van der Waals surface area contributed by atoms with Gasteiger partial charge < -0.3 is 13.7 Å². The average Bonchev–Trinajstić information content (AvgIpc) is 3.86. The molecule has 3 heteroatoms. The molecule has 0 saturated carbocycles. The van der Waals surface area contributed by atoms with Crippen LogP contribution in [0, 0.1) is 0 Å². The molecule has 10 aromatic carbocycles. The van der Waals surface area contributed by atoms with Crippen LogP contribution in [0.1, 0.15) is 0 Å².